The molecular formula is C17H14N4O6S. The minimum absolute atomic E-state index is 0.156. The average Bonchev–Trinajstić information content (AvgIpc) is 2.92. The standard InChI is InChI=1S/C17H14N4O6S/c1-11(10-20-16(22)14-7-2-3-8-15(14)17(20)23)18-19-28(26,27)13-6-4-5-12(9-13)21(24)25/h2-9,19H,10H2,1H3/b18-11+. The molecule has 1 aliphatic heterocycles. The third kappa shape index (κ3) is 3.60. The molecule has 0 radical (unpaired) electrons. The normalized spacial score (nSPS) is 14.2. The molecule has 0 saturated carbocycles. The topological polar surface area (TPSA) is 139 Å². The summed E-state index contributed by atoms with van der Waals surface area (Å²) in [5, 5.41) is 14.5. The molecule has 3 rings (SSSR count). The van der Waals surface area contributed by atoms with Gasteiger partial charge in [0.1, 0.15) is 0 Å². The van der Waals surface area contributed by atoms with Gasteiger partial charge in [0.05, 0.1) is 33.2 Å². The number of rotatable bonds is 6. The maximum atomic E-state index is 12.3. The van der Waals surface area contributed by atoms with Crippen molar-refractivity contribution >= 4 is 33.2 Å². The highest BCUT2D eigenvalue weighted by atomic mass is 32.2. The number of carbonyl (C=O) groups excluding carboxylic acids is 2. The van der Waals surface area contributed by atoms with E-state index in [4.69, 9.17) is 0 Å². The Morgan fingerprint density at radius 2 is 1.71 bits per heavy atom. The van der Waals surface area contributed by atoms with Gasteiger partial charge in [0.15, 0.2) is 0 Å². The Bertz CT molecular complexity index is 1090. The van der Waals surface area contributed by atoms with Crippen molar-refractivity contribution in [1.82, 2.24) is 9.73 Å². The zero-order valence-electron chi connectivity index (χ0n) is 14.5. The highest BCUT2D eigenvalue weighted by Gasteiger charge is 2.35. The van der Waals surface area contributed by atoms with E-state index in [1.807, 2.05) is 4.83 Å². The van der Waals surface area contributed by atoms with Crippen molar-refractivity contribution in [3.05, 3.63) is 69.8 Å². The van der Waals surface area contributed by atoms with Crippen LogP contribution in [0.1, 0.15) is 27.6 Å². The zero-order chi connectivity index (χ0) is 20.5. The summed E-state index contributed by atoms with van der Waals surface area (Å²) in [7, 11) is -4.16. The largest absolute Gasteiger partial charge is 0.276 e. The second-order valence-electron chi connectivity index (χ2n) is 5.94. The Kier molecular flexibility index (Phi) is 4.92. The van der Waals surface area contributed by atoms with Gasteiger partial charge in [-0.3, -0.25) is 24.6 Å². The summed E-state index contributed by atoms with van der Waals surface area (Å²) in [4.78, 5) is 37.3. The van der Waals surface area contributed by atoms with Crippen LogP contribution in [0.5, 0.6) is 0 Å². The lowest BCUT2D eigenvalue weighted by Crippen LogP contribution is -2.35. The molecule has 28 heavy (non-hydrogen) atoms. The number of sulfonamides is 1. The van der Waals surface area contributed by atoms with Gasteiger partial charge in [-0.2, -0.15) is 13.5 Å². The van der Waals surface area contributed by atoms with E-state index < -0.39 is 26.8 Å². The number of benzene rings is 2. The summed E-state index contributed by atoms with van der Waals surface area (Å²) in [5.74, 6) is -0.978. The van der Waals surface area contributed by atoms with E-state index in [9.17, 15) is 28.1 Å². The summed E-state index contributed by atoms with van der Waals surface area (Å²) in [6.07, 6.45) is 0. The SMILES string of the molecule is C/C(CN1C(=O)c2ccccc2C1=O)=N\NS(=O)(=O)c1cccc([N+](=O)[O-])c1. The number of fused-ring (bicyclic) bond motifs is 1. The number of nitro benzene ring substituents is 1. The second kappa shape index (κ2) is 7.19. The van der Waals surface area contributed by atoms with Gasteiger partial charge in [-0.1, -0.05) is 18.2 Å². The van der Waals surface area contributed by atoms with E-state index >= 15 is 0 Å². The number of hydrogen-bond donors (Lipinski definition) is 1. The molecule has 1 heterocycles. The second-order valence-corrected chi connectivity index (χ2v) is 7.60. The molecule has 0 spiro atoms. The van der Waals surface area contributed by atoms with E-state index in [1.54, 1.807) is 12.1 Å². The molecule has 11 heteroatoms. The van der Waals surface area contributed by atoms with Crippen LogP contribution in [0.3, 0.4) is 0 Å². The fourth-order valence-corrected chi connectivity index (χ4v) is 3.52. The lowest BCUT2D eigenvalue weighted by atomic mass is 10.1. The van der Waals surface area contributed by atoms with Gasteiger partial charge in [0.25, 0.3) is 27.5 Å². The summed E-state index contributed by atoms with van der Waals surface area (Å²) < 4.78 is 24.5. The van der Waals surface area contributed by atoms with Crippen molar-refractivity contribution < 1.29 is 22.9 Å². The van der Waals surface area contributed by atoms with Crippen LogP contribution in [-0.2, 0) is 10.0 Å². The number of carbonyl (C=O) groups is 2. The molecule has 10 nitrogen and oxygen atoms in total. The van der Waals surface area contributed by atoms with Gasteiger partial charge >= 0.3 is 0 Å². The molecule has 0 unspecified atom stereocenters. The Morgan fingerprint density at radius 3 is 2.29 bits per heavy atom. The highest BCUT2D eigenvalue weighted by Crippen LogP contribution is 2.22. The Labute approximate surface area is 159 Å². The minimum Gasteiger partial charge on any atom is -0.269 e. The molecule has 0 saturated heterocycles. The van der Waals surface area contributed by atoms with Crippen molar-refractivity contribution in [2.45, 2.75) is 11.8 Å². The quantitative estimate of drug-likeness (QED) is 0.336. The molecule has 2 amide bonds. The van der Waals surface area contributed by atoms with Crippen LogP contribution in [0.15, 0.2) is 58.5 Å². The van der Waals surface area contributed by atoms with Crippen molar-refractivity contribution in [3.8, 4) is 0 Å². The number of non-ortho nitro benzene ring substituents is 1. The first-order valence-corrected chi connectivity index (χ1v) is 9.43. The van der Waals surface area contributed by atoms with Crippen molar-refractivity contribution in [1.29, 1.82) is 0 Å². The van der Waals surface area contributed by atoms with Crippen molar-refractivity contribution in [2.75, 3.05) is 6.54 Å². The molecule has 0 fully saturated rings. The van der Waals surface area contributed by atoms with E-state index in [-0.39, 0.29) is 34.0 Å². The van der Waals surface area contributed by atoms with Crippen LogP contribution in [0.2, 0.25) is 0 Å². The highest BCUT2D eigenvalue weighted by molar-refractivity contribution is 7.89. The monoisotopic (exact) mass is 402 g/mol. The van der Waals surface area contributed by atoms with Crippen LogP contribution in [0.4, 0.5) is 5.69 Å². The Balaban J connectivity index is 1.75. The fraction of sp³-hybridized carbons (Fsp3) is 0.118. The lowest BCUT2D eigenvalue weighted by Gasteiger charge is -2.13. The number of hydrazone groups is 1. The minimum atomic E-state index is -4.16. The van der Waals surface area contributed by atoms with Crippen LogP contribution in [0, 0.1) is 10.1 Å². The molecular weight excluding hydrogens is 388 g/mol. The van der Waals surface area contributed by atoms with Crippen LogP contribution < -0.4 is 4.83 Å². The zero-order valence-corrected chi connectivity index (χ0v) is 15.3. The Hall–Kier alpha value is -3.60. The van der Waals surface area contributed by atoms with Crippen LogP contribution in [-0.4, -0.2) is 42.3 Å². The van der Waals surface area contributed by atoms with Gasteiger partial charge < -0.3 is 0 Å². The Morgan fingerprint density at radius 1 is 1.11 bits per heavy atom. The summed E-state index contributed by atoms with van der Waals surface area (Å²) in [6, 6.07) is 10.8. The van der Waals surface area contributed by atoms with Gasteiger partial charge in [-0.05, 0) is 25.1 Å². The molecule has 2 aromatic rings. The van der Waals surface area contributed by atoms with E-state index in [0.717, 1.165) is 17.0 Å². The van der Waals surface area contributed by atoms with Crippen molar-refractivity contribution in [2.24, 2.45) is 5.10 Å². The molecule has 2 aromatic carbocycles. The number of nitrogens with zero attached hydrogens (tertiary/aromatic N) is 3. The molecule has 1 aliphatic rings. The number of nitrogens with one attached hydrogen (secondary N) is 1. The first kappa shape index (κ1) is 19.2. The lowest BCUT2D eigenvalue weighted by molar-refractivity contribution is -0.385. The smallest absolute Gasteiger partial charge is 0.269 e. The number of imide groups is 1. The molecule has 0 atom stereocenters. The van der Waals surface area contributed by atoms with E-state index in [2.05, 4.69) is 5.10 Å². The fourth-order valence-electron chi connectivity index (χ4n) is 2.60. The average molecular weight is 402 g/mol. The van der Waals surface area contributed by atoms with Gasteiger partial charge in [0, 0.05) is 12.1 Å². The third-order valence-corrected chi connectivity index (χ3v) is 5.17. The first-order chi connectivity index (χ1) is 13.2. The van der Waals surface area contributed by atoms with Crippen LogP contribution >= 0.6 is 0 Å². The molecule has 144 valence electrons. The number of amides is 2. The van der Waals surface area contributed by atoms with E-state index in [0.29, 0.717) is 0 Å². The maximum absolute atomic E-state index is 12.3. The predicted octanol–water partition coefficient (Wildman–Crippen LogP) is 1.55. The van der Waals surface area contributed by atoms with E-state index in [1.165, 1.54) is 31.2 Å². The molecule has 0 aromatic heterocycles. The molecule has 0 bridgehead atoms. The van der Waals surface area contributed by atoms with Gasteiger partial charge in [0.2, 0.25) is 0 Å². The molecule has 0 aliphatic carbocycles. The van der Waals surface area contributed by atoms with Crippen LogP contribution in [0.25, 0.3) is 0 Å². The van der Waals surface area contributed by atoms with Gasteiger partial charge in [-0.15, -0.1) is 0 Å². The third-order valence-electron chi connectivity index (χ3n) is 3.96. The number of hydrogen-bond acceptors (Lipinski definition) is 7. The summed E-state index contributed by atoms with van der Waals surface area (Å²) >= 11 is 0. The summed E-state index contributed by atoms with van der Waals surface area (Å²) in [6.45, 7) is 1.24. The van der Waals surface area contributed by atoms with Gasteiger partial charge in [-0.25, -0.2) is 4.83 Å². The maximum Gasteiger partial charge on any atom is 0.276 e. The number of nitro groups is 1. The molecule has 1 N–H and O–H groups in total. The van der Waals surface area contributed by atoms with Crippen molar-refractivity contribution in [3.63, 3.8) is 0 Å². The first-order valence-electron chi connectivity index (χ1n) is 7.95. The summed E-state index contributed by atoms with van der Waals surface area (Å²) in [5.41, 5.74) is 0.327. The predicted molar refractivity (Wildman–Crippen MR) is 98.3 cm³/mol.